The van der Waals surface area contributed by atoms with Crippen molar-refractivity contribution < 1.29 is 38.9 Å². The van der Waals surface area contributed by atoms with Crippen LogP contribution in [0.5, 0.6) is 0 Å². The van der Waals surface area contributed by atoms with E-state index in [1.807, 2.05) is 76.2 Å². The van der Waals surface area contributed by atoms with E-state index in [1.54, 1.807) is 24.3 Å². The molecule has 0 bridgehead atoms. The average molecular weight is 695 g/mol. The number of nitrogens with zero attached hydrogens (tertiary/aromatic N) is 1. The predicted octanol–water partition coefficient (Wildman–Crippen LogP) is 8.21. The van der Waals surface area contributed by atoms with Crippen molar-refractivity contribution in [2.75, 3.05) is 6.61 Å². The van der Waals surface area contributed by atoms with E-state index in [0.717, 1.165) is 27.8 Å². The zero-order valence-corrected chi connectivity index (χ0v) is 29.6. The summed E-state index contributed by atoms with van der Waals surface area (Å²) in [5, 5.41) is 22.9. The zero-order valence-electron chi connectivity index (χ0n) is 29.6. The van der Waals surface area contributed by atoms with Crippen LogP contribution in [0.15, 0.2) is 89.1 Å². The first-order chi connectivity index (χ1) is 24.3. The molecule has 0 heterocycles. The van der Waals surface area contributed by atoms with Crippen LogP contribution in [-0.2, 0) is 30.5 Å². The minimum absolute atomic E-state index is 0.0154. The number of amides is 1. The summed E-state index contributed by atoms with van der Waals surface area (Å²) in [6, 6.07) is 21.7. The molecule has 0 spiro atoms. The van der Waals surface area contributed by atoms with E-state index in [9.17, 15) is 29.4 Å². The number of nitrogens with one attached hydrogen (secondary N) is 1. The third-order valence-corrected chi connectivity index (χ3v) is 9.15. The van der Waals surface area contributed by atoms with Crippen LogP contribution in [0.4, 0.5) is 10.5 Å². The first kappa shape index (κ1) is 37.0. The molecule has 0 radical (unpaired) electrons. The largest absolute Gasteiger partial charge is 0.511 e. The van der Waals surface area contributed by atoms with E-state index in [2.05, 4.69) is 5.32 Å². The van der Waals surface area contributed by atoms with Gasteiger partial charge in [0.05, 0.1) is 17.0 Å². The topological polar surface area (TPSA) is 152 Å². The Hall–Kier alpha value is -5.25. The Bertz CT molecular complexity index is 1790. The number of hydrogen-bond acceptors (Lipinski definition) is 8. The van der Waals surface area contributed by atoms with Gasteiger partial charge in [-0.1, -0.05) is 88.4 Å². The second kappa shape index (κ2) is 16.2. The van der Waals surface area contributed by atoms with Gasteiger partial charge in [0.2, 0.25) is 0 Å². The van der Waals surface area contributed by atoms with Gasteiger partial charge >= 0.3 is 18.0 Å². The van der Waals surface area contributed by atoms with E-state index >= 15 is 0 Å². The highest BCUT2D eigenvalue weighted by atomic mass is 16.5. The van der Waals surface area contributed by atoms with Gasteiger partial charge < -0.3 is 25.0 Å². The number of rotatable bonds is 14. The number of aliphatic hydroxyl groups is 1. The summed E-state index contributed by atoms with van der Waals surface area (Å²) in [5.74, 6) is -1.67. The van der Waals surface area contributed by atoms with E-state index in [-0.39, 0.29) is 61.3 Å². The maximum absolute atomic E-state index is 13.0. The molecule has 2 aliphatic carbocycles. The Morgan fingerprint density at radius 2 is 1.55 bits per heavy atom. The molecule has 51 heavy (non-hydrogen) atoms. The quantitative estimate of drug-likeness (QED) is 0.113. The van der Waals surface area contributed by atoms with Crippen molar-refractivity contribution >= 4 is 35.2 Å². The predicted molar refractivity (Wildman–Crippen MR) is 194 cm³/mol. The second-order valence-corrected chi connectivity index (χ2v) is 14.5. The van der Waals surface area contributed by atoms with Crippen molar-refractivity contribution in [3.63, 3.8) is 0 Å². The van der Waals surface area contributed by atoms with Gasteiger partial charge in [-0.3, -0.25) is 14.6 Å². The number of fused-ring (bicyclic) bond motifs is 3. The lowest BCUT2D eigenvalue weighted by atomic mass is 9.75. The SMILES string of the molecule is CC(C)CC(=Nc1ccc(COC(=O)CCC[C@H](NC(=O)OCC2c3ccccc3-c3ccccc32)C(=O)O)cc1)C1=C(O)CC(C)(C)CC1=O. The number of carboxylic acid groups (broad SMARTS) is 1. The highest BCUT2D eigenvalue weighted by Gasteiger charge is 2.35. The van der Waals surface area contributed by atoms with Crippen molar-refractivity contribution in [2.45, 2.75) is 84.8 Å². The van der Waals surface area contributed by atoms with E-state index < -0.39 is 24.1 Å². The number of benzene rings is 3. The summed E-state index contributed by atoms with van der Waals surface area (Å²) in [5.41, 5.74) is 6.21. The molecule has 0 aliphatic heterocycles. The monoisotopic (exact) mass is 694 g/mol. The number of alkyl carbamates (subject to hydrolysis) is 1. The normalized spacial score (nSPS) is 16.0. The molecule has 0 fully saturated rings. The molecule has 10 nitrogen and oxygen atoms in total. The molecule has 1 atom stereocenters. The Morgan fingerprint density at radius 1 is 0.922 bits per heavy atom. The fraction of sp³-hybridized carbons (Fsp3) is 0.390. The minimum atomic E-state index is -1.23. The Morgan fingerprint density at radius 3 is 2.14 bits per heavy atom. The number of Topliss-reactive ketones (excluding diaryl/α,β-unsaturated/α-hetero) is 1. The van der Waals surface area contributed by atoms with Crippen molar-refractivity contribution in [3.05, 3.63) is 101 Å². The summed E-state index contributed by atoms with van der Waals surface area (Å²) in [6.45, 7) is 8.06. The van der Waals surface area contributed by atoms with Crippen LogP contribution in [0.1, 0.15) is 88.8 Å². The fourth-order valence-electron chi connectivity index (χ4n) is 6.75. The fourth-order valence-corrected chi connectivity index (χ4v) is 6.75. The van der Waals surface area contributed by atoms with E-state index in [0.29, 0.717) is 36.2 Å². The number of aliphatic hydroxyl groups excluding tert-OH is 1. The zero-order chi connectivity index (χ0) is 36.7. The highest BCUT2D eigenvalue weighted by molar-refractivity contribution is 6.23. The highest BCUT2D eigenvalue weighted by Crippen LogP contribution is 2.44. The molecule has 0 aromatic heterocycles. The lowest BCUT2D eigenvalue weighted by Crippen LogP contribution is -2.41. The van der Waals surface area contributed by atoms with Crippen molar-refractivity contribution in [1.29, 1.82) is 0 Å². The number of hydrogen-bond donors (Lipinski definition) is 3. The first-order valence-corrected chi connectivity index (χ1v) is 17.4. The van der Waals surface area contributed by atoms with Crippen LogP contribution in [0.25, 0.3) is 11.1 Å². The number of aliphatic imine (C=N–C) groups is 1. The molecular formula is C41H46N2O8. The number of esters is 1. The Balaban J connectivity index is 1.08. The molecule has 0 saturated heterocycles. The lowest BCUT2D eigenvalue weighted by Gasteiger charge is -2.30. The minimum Gasteiger partial charge on any atom is -0.511 e. The second-order valence-electron chi connectivity index (χ2n) is 14.5. The molecule has 0 unspecified atom stereocenters. The van der Waals surface area contributed by atoms with E-state index in [1.165, 1.54) is 0 Å². The maximum Gasteiger partial charge on any atom is 0.407 e. The average Bonchev–Trinajstić information content (AvgIpc) is 3.38. The Labute approximate surface area is 298 Å². The van der Waals surface area contributed by atoms with Crippen LogP contribution >= 0.6 is 0 Å². The number of aliphatic carboxylic acids is 1. The van der Waals surface area contributed by atoms with Crippen LogP contribution in [0, 0.1) is 11.3 Å². The van der Waals surface area contributed by atoms with Crippen LogP contribution < -0.4 is 5.32 Å². The standard InChI is InChI=1S/C41H46N2O8/c1-25(2)20-34(38-35(44)21-41(3,4)22-36(38)45)42-27-18-16-26(17-19-27)23-50-37(46)15-9-14-33(39(47)48)43-40(49)51-24-32-30-12-7-5-10-28(30)29-11-6-8-13-31(29)32/h5-8,10-13,16-19,25,32-33,44H,9,14-15,20-24H2,1-4H3,(H,43,49)(H,47,48)/t33-/m0/s1. The molecule has 2 aliphatic rings. The number of ether oxygens (including phenoxy) is 2. The lowest BCUT2D eigenvalue weighted by molar-refractivity contribution is -0.145. The van der Waals surface area contributed by atoms with Crippen molar-refractivity contribution in [2.24, 2.45) is 16.3 Å². The van der Waals surface area contributed by atoms with Gasteiger partial charge in [0.15, 0.2) is 5.78 Å². The molecule has 3 aromatic rings. The summed E-state index contributed by atoms with van der Waals surface area (Å²) >= 11 is 0. The Kier molecular flexibility index (Phi) is 11.7. The number of allylic oxidation sites excluding steroid dienone is 2. The molecule has 268 valence electrons. The summed E-state index contributed by atoms with van der Waals surface area (Å²) in [7, 11) is 0. The van der Waals surface area contributed by atoms with Gasteiger partial charge in [-0.2, -0.15) is 0 Å². The molecule has 3 aromatic carbocycles. The summed E-state index contributed by atoms with van der Waals surface area (Å²) < 4.78 is 10.9. The van der Waals surface area contributed by atoms with Crippen LogP contribution in [0.2, 0.25) is 0 Å². The number of carboxylic acids is 1. The van der Waals surface area contributed by atoms with Crippen LogP contribution in [-0.4, -0.2) is 52.4 Å². The van der Waals surface area contributed by atoms with Gasteiger partial charge in [0, 0.05) is 25.2 Å². The summed E-state index contributed by atoms with van der Waals surface area (Å²) in [4.78, 5) is 54.7. The van der Waals surface area contributed by atoms with Crippen molar-refractivity contribution in [1.82, 2.24) is 5.32 Å². The smallest absolute Gasteiger partial charge is 0.407 e. The maximum atomic E-state index is 13.0. The van der Waals surface area contributed by atoms with Crippen molar-refractivity contribution in [3.8, 4) is 11.1 Å². The van der Waals surface area contributed by atoms with Gasteiger partial charge in [0.1, 0.15) is 25.0 Å². The van der Waals surface area contributed by atoms with E-state index in [4.69, 9.17) is 14.5 Å². The van der Waals surface area contributed by atoms with Gasteiger partial charge in [-0.15, -0.1) is 0 Å². The molecule has 0 saturated carbocycles. The molecular weight excluding hydrogens is 648 g/mol. The first-order valence-electron chi connectivity index (χ1n) is 17.4. The van der Waals surface area contributed by atoms with Gasteiger partial charge in [-0.05, 0) is 70.5 Å². The number of carbonyl (C=O) groups excluding carboxylic acids is 3. The molecule has 1 amide bonds. The molecule has 10 heteroatoms. The number of carbonyl (C=O) groups is 4. The third-order valence-electron chi connectivity index (χ3n) is 9.15. The molecule has 3 N–H and O–H groups in total. The molecule has 5 rings (SSSR count). The van der Waals surface area contributed by atoms with Crippen LogP contribution in [0.3, 0.4) is 0 Å². The number of ketones is 1. The third kappa shape index (κ3) is 9.51. The van der Waals surface area contributed by atoms with Gasteiger partial charge in [0.25, 0.3) is 0 Å². The summed E-state index contributed by atoms with van der Waals surface area (Å²) in [6.07, 6.45) is 0.645. The van der Waals surface area contributed by atoms with Gasteiger partial charge in [-0.25, -0.2) is 9.59 Å².